The second kappa shape index (κ2) is 6.55. The minimum absolute atomic E-state index is 0.607. The Bertz CT molecular complexity index is 358. The smallest absolute Gasteiger partial charge is 0.209 e. The van der Waals surface area contributed by atoms with E-state index in [1.165, 1.54) is 12.0 Å². The molecule has 0 bridgehead atoms. The van der Waals surface area contributed by atoms with Crippen LogP contribution in [0.2, 0.25) is 0 Å². The van der Waals surface area contributed by atoms with E-state index < -0.39 is 0 Å². The zero-order valence-corrected chi connectivity index (χ0v) is 11.1. The number of hydrogen-bond acceptors (Lipinski definition) is 2. The third kappa shape index (κ3) is 3.57. The predicted molar refractivity (Wildman–Crippen MR) is 73.6 cm³/mol. The molecule has 0 radical (unpaired) electrons. The van der Waals surface area contributed by atoms with Gasteiger partial charge in [-0.05, 0) is 24.4 Å². The van der Waals surface area contributed by atoms with Gasteiger partial charge < -0.3 is 4.90 Å². The van der Waals surface area contributed by atoms with E-state index >= 15 is 0 Å². The van der Waals surface area contributed by atoms with E-state index in [-0.39, 0.29) is 0 Å². The van der Waals surface area contributed by atoms with Gasteiger partial charge in [-0.3, -0.25) is 9.69 Å². The Morgan fingerprint density at radius 1 is 1.17 bits per heavy atom. The standard InChI is InChI=1S/C15H22N2O/c1-14(15-5-3-2-4-6-15)7-8-16-9-11-17(13-18)12-10-16/h2-6,13-14H,7-12H2,1H3/t14-/m0/s1. The summed E-state index contributed by atoms with van der Waals surface area (Å²) in [5.74, 6) is 0.607. The van der Waals surface area contributed by atoms with Gasteiger partial charge >= 0.3 is 0 Å². The lowest BCUT2D eigenvalue weighted by molar-refractivity contribution is -0.119. The molecule has 3 heteroatoms. The molecule has 3 nitrogen and oxygen atoms in total. The molecule has 1 aliphatic rings. The van der Waals surface area contributed by atoms with Crippen LogP contribution >= 0.6 is 0 Å². The Balaban J connectivity index is 1.74. The first kappa shape index (κ1) is 13.1. The SMILES string of the molecule is C[C@@H](CCN1CCN(C=O)CC1)c1ccccc1. The van der Waals surface area contributed by atoms with E-state index in [0.717, 1.165) is 39.1 Å². The third-order valence-electron chi connectivity index (χ3n) is 3.80. The first-order valence-corrected chi connectivity index (χ1v) is 6.76. The van der Waals surface area contributed by atoms with Gasteiger partial charge in [-0.15, -0.1) is 0 Å². The van der Waals surface area contributed by atoms with Crippen LogP contribution in [0.3, 0.4) is 0 Å². The van der Waals surface area contributed by atoms with Gasteiger partial charge in [0.15, 0.2) is 0 Å². The van der Waals surface area contributed by atoms with E-state index in [1.807, 2.05) is 4.90 Å². The van der Waals surface area contributed by atoms with Crippen molar-refractivity contribution in [2.45, 2.75) is 19.3 Å². The van der Waals surface area contributed by atoms with Gasteiger partial charge in [0.2, 0.25) is 6.41 Å². The number of carbonyl (C=O) groups excluding carboxylic acids is 1. The van der Waals surface area contributed by atoms with Crippen molar-refractivity contribution in [2.24, 2.45) is 0 Å². The number of carbonyl (C=O) groups is 1. The monoisotopic (exact) mass is 246 g/mol. The summed E-state index contributed by atoms with van der Waals surface area (Å²) in [5.41, 5.74) is 1.42. The van der Waals surface area contributed by atoms with Crippen LogP contribution in [-0.4, -0.2) is 48.9 Å². The molecule has 0 aromatic heterocycles. The lowest BCUT2D eigenvalue weighted by atomic mass is 9.97. The molecule has 0 aliphatic carbocycles. The second-order valence-electron chi connectivity index (χ2n) is 5.08. The average molecular weight is 246 g/mol. The molecule has 0 spiro atoms. The van der Waals surface area contributed by atoms with Crippen molar-refractivity contribution in [3.05, 3.63) is 35.9 Å². The molecule has 0 saturated carbocycles. The van der Waals surface area contributed by atoms with Crippen LogP contribution in [0, 0.1) is 0 Å². The number of benzene rings is 1. The molecule has 1 saturated heterocycles. The van der Waals surface area contributed by atoms with Crippen LogP contribution in [0.1, 0.15) is 24.8 Å². The predicted octanol–water partition coefficient (Wildman–Crippen LogP) is 1.95. The molecule has 98 valence electrons. The summed E-state index contributed by atoms with van der Waals surface area (Å²) in [7, 11) is 0. The summed E-state index contributed by atoms with van der Waals surface area (Å²) in [5, 5.41) is 0. The molecule has 0 unspecified atom stereocenters. The molecular weight excluding hydrogens is 224 g/mol. The van der Waals surface area contributed by atoms with Crippen molar-refractivity contribution in [3.63, 3.8) is 0 Å². The molecule has 18 heavy (non-hydrogen) atoms. The Hall–Kier alpha value is -1.35. The largest absolute Gasteiger partial charge is 0.343 e. The highest BCUT2D eigenvalue weighted by atomic mass is 16.1. The number of piperazine rings is 1. The van der Waals surface area contributed by atoms with Crippen LogP contribution < -0.4 is 0 Å². The fourth-order valence-electron chi connectivity index (χ4n) is 2.42. The molecule has 1 heterocycles. The maximum Gasteiger partial charge on any atom is 0.209 e. The highest BCUT2D eigenvalue weighted by Gasteiger charge is 2.16. The molecule has 2 rings (SSSR count). The maximum atomic E-state index is 10.6. The van der Waals surface area contributed by atoms with Crippen LogP contribution in [0.4, 0.5) is 0 Å². The summed E-state index contributed by atoms with van der Waals surface area (Å²) in [6.07, 6.45) is 2.15. The Morgan fingerprint density at radius 2 is 1.83 bits per heavy atom. The van der Waals surface area contributed by atoms with Crippen LogP contribution in [0.5, 0.6) is 0 Å². The van der Waals surface area contributed by atoms with Gasteiger partial charge in [0, 0.05) is 26.2 Å². The molecular formula is C15H22N2O. The summed E-state index contributed by atoms with van der Waals surface area (Å²) < 4.78 is 0. The minimum atomic E-state index is 0.607. The topological polar surface area (TPSA) is 23.6 Å². The van der Waals surface area contributed by atoms with Crippen LogP contribution in [-0.2, 0) is 4.79 Å². The number of hydrogen-bond donors (Lipinski definition) is 0. The number of rotatable bonds is 5. The molecule has 1 atom stereocenters. The summed E-state index contributed by atoms with van der Waals surface area (Å²) in [4.78, 5) is 14.9. The van der Waals surface area contributed by atoms with Gasteiger partial charge in [-0.25, -0.2) is 0 Å². The zero-order valence-electron chi connectivity index (χ0n) is 11.1. The fraction of sp³-hybridized carbons (Fsp3) is 0.533. The van der Waals surface area contributed by atoms with Gasteiger partial charge in [0.25, 0.3) is 0 Å². The third-order valence-corrected chi connectivity index (χ3v) is 3.80. The minimum Gasteiger partial charge on any atom is -0.343 e. The van der Waals surface area contributed by atoms with Crippen molar-refractivity contribution in [2.75, 3.05) is 32.7 Å². The molecule has 1 amide bonds. The van der Waals surface area contributed by atoms with Crippen molar-refractivity contribution in [3.8, 4) is 0 Å². The van der Waals surface area contributed by atoms with Crippen molar-refractivity contribution in [1.82, 2.24) is 9.80 Å². The maximum absolute atomic E-state index is 10.6. The molecule has 1 aromatic rings. The fourth-order valence-corrected chi connectivity index (χ4v) is 2.42. The van der Waals surface area contributed by atoms with Gasteiger partial charge in [-0.2, -0.15) is 0 Å². The summed E-state index contributed by atoms with van der Waals surface area (Å²) in [6, 6.07) is 10.7. The quantitative estimate of drug-likeness (QED) is 0.741. The van der Waals surface area contributed by atoms with E-state index in [2.05, 4.69) is 42.2 Å². The van der Waals surface area contributed by atoms with Crippen molar-refractivity contribution >= 4 is 6.41 Å². The second-order valence-corrected chi connectivity index (χ2v) is 5.08. The lowest BCUT2D eigenvalue weighted by Gasteiger charge is -2.33. The lowest BCUT2D eigenvalue weighted by Crippen LogP contribution is -2.45. The number of nitrogens with zero attached hydrogens (tertiary/aromatic N) is 2. The summed E-state index contributed by atoms with van der Waals surface area (Å²) >= 11 is 0. The molecule has 1 fully saturated rings. The Morgan fingerprint density at radius 3 is 2.44 bits per heavy atom. The van der Waals surface area contributed by atoms with Gasteiger partial charge in [0.1, 0.15) is 0 Å². The zero-order chi connectivity index (χ0) is 12.8. The first-order valence-electron chi connectivity index (χ1n) is 6.76. The molecule has 1 aliphatic heterocycles. The van der Waals surface area contributed by atoms with Crippen molar-refractivity contribution in [1.29, 1.82) is 0 Å². The normalized spacial score (nSPS) is 18.6. The highest BCUT2D eigenvalue weighted by molar-refractivity contribution is 5.47. The summed E-state index contributed by atoms with van der Waals surface area (Å²) in [6.45, 7) is 7.20. The van der Waals surface area contributed by atoms with Gasteiger partial charge in [-0.1, -0.05) is 37.3 Å². The van der Waals surface area contributed by atoms with E-state index in [0.29, 0.717) is 5.92 Å². The van der Waals surface area contributed by atoms with E-state index in [4.69, 9.17) is 0 Å². The van der Waals surface area contributed by atoms with E-state index in [9.17, 15) is 4.79 Å². The van der Waals surface area contributed by atoms with Crippen LogP contribution in [0.25, 0.3) is 0 Å². The first-order chi connectivity index (χ1) is 8.79. The molecule has 1 aromatic carbocycles. The Kier molecular flexibility index (Phi) is 4.76. The van der Waals surface area contributed by atoms with Crippen LogP contribution in [0.15, 0.2) is 30.3 Å². The van der Waals surface area contributed by atoms with Crippen molar-refractivity contribution < 1.29 is 4.79 Å². The average Bonchev–Trinajstić information content (AvgIpc) is 2.46. The van der Waals surface area contributed by atoms with E-state index in [1.54, 1.807) is 0 Å². The highest BCUT2D eigenvalue weighted by Crippen LogP contribution is 2.19. The van der Waals surface area contributed by atoms with Gasteiger partial charge in [0.05, 0.1) is 0 Å². The number of amides is 1. The molecule has 0 N–H and O–H groups in total. The Labute approximate surface area is 109 Å².